The summed E-state index contributed by atoms with van der Waals surface area (Å²) < 4.78 is 5.43. The number of anilines is 2. The van der Waals surface area contributed by atoms with Crippen molar-refractivity contribution in [3.63, 3.8) is 0 Å². The van der Waals surface area contributed by atoms with Gasteiger partial charge in [-0.05, 0) is 24.5 Å². The SMILES string of the molecule is CCCCCCc1ccccc1NCc1nc(C(=O)Nc2nc(CC(=O)O)cs2)co1. The number of amides is 1. The Morgan fingerprint density at radius 2 is 2.00 bits per heavy atom. The summed E-state index contributed by atoms with van der Waals surface area (Å²) in [6, 6.07) is 8.17. The normalized spacial score (nSPS) is 10.7. The number of nitrogens with one attached hydrogen (secondary N) is 2. The van der Waals surface area contributed by atoms with Crippen LogP contribution in [0.25, 0.3) is 0 Å². The average molecular weight is 443 g/mol. The predicted molar refractivity (Wildman–Crippen MR) is 120 cm³/mol. The number of aryl methyl sites for hydroxylation is 1. The molecule has 1 aromatic carbocycles. The maximum Gasteiger partial charge on any atom is 0.309 e. The fraction of sp³-hybridized carbons (Fsp3) is 0.364. The lowest BCUT2D eigenvalue weighted by Gasteiger charge is -2.10. The number of rotatable bonds is 12. The van der Waals surface area contributed by atoms with Gasteiger partial charge in [-0.25, -0.2) is 9.97 Å². The van der Waals surface area contributed by atoms with Crippen molar-refractivity contribution in [1.29, 1.82) is 0 Å². The highest BCUT2D eigenvalue weighted by Crippen LogP contribution is 2.20. The summed E-state index contributed by atoms with van der Waals surface area (Å²) in [7, 11) is 0. The van der Waals surface area contributed by atoms with Crippen molar-refractivity contribution >= 4 is 34.0 Å². The topological polar surface area (TPSA) is 117 Å². The Kier molecular flexibility index (Phi) is 8.17. The van der Waals surface area contributed by atoms with Gasteiger partial charge in [0, 0.05) is 11.1 Å². The number of benzene rings is 1. The van der Waals surface area contributed by atoms with Gasteiger partial charge in [0.05, 0.1) is 18.7 Å². The molecule has 0 aliphatic rings. The van der Waals surface area contributed by atoms with E-state index in [1.807, 2.05) is 18.2 Å². The molecule has 3 aromatic rings. The van der Waals surface area contributed by atoms with Crippen LogP contribution in [-0.4, -0.2) is 27.0 Å². The zero-order valence-corrected chi connectivity index (χ0v) is 18.2. The summed E-state index contributed by atoms with van der Waals surface area (Å²) in [6.45, 7) is 2.56. The molecule has 0 aliphatic carbocycles. The molecule has 0 atom stereocenters. The van der Waals surface area contributed by atoms with Crippen LogP contribution in [0.5, 0.6) is 0 Å². The van der Waals surface area contributed by atoms with Gasteiger partial charge in [-0.15, -0.1) is 11.3 Å². The second-order valence-electron chi connectivity index (χ2n) is 7.12. The number of aliphatic carboxylic acids is 1. The molecular formula is C22H26N4O4S. The summed E-state index contributed by atoms with van der Waals surface area (Å²) in [4.78, 5) is 31.4. The Bertz CT molecular complexity index is 1010. The molecule has 8 nitrogen and oxygen atoms in total. The number of nitrogens with zero attached hydrogens (tertiary/aromatic N) is 2. The number of unbranched alkanes of at least 4 members (excludes halogenated alkanes) is 3. The van der Waals surface area contributed by atoms with E-state index in [0.717, 1.165) is 29.9 Å². The highest BCUT2D eigenvalue weighted by Gasteiger charge is 2.15. The van der Waals surface area contributed by atoms with Gasteiger partial charge < -0.3 is 14.8 Å². The third kappa shape index (κ3) is 6.92. The molecule has 164 valence electrons. The highest BCUT2D eigenvalue weighted by atomic mass is 32.1. The van der Waals surface area contributed by atoms with Crippen molar-refractivity contribution in [3.05, 3.63) is 58.8 Å². The van der Waals surface area contributed by atoms with Crippen molar-refractivity contribution in [3.8, 4) is 0 Å². The van der Waals surface area contributed by atoms with E-state index in [9.17, 15) is 9.59 Å². The first-order valence-corrected chi connectivity index (χ1v) is 11.2. The molecule has 0 saturated carbocycles. The molecule has 0 spiro atoms. The van der Waals surface area contributed by atoms with E-state index in [1.54, 1.807) is 5.38 Å². The molecule has 3 N–H and O–H groups in total. The van der Waals surface area contributed by atoms with Crippen molar-refractivity contribution in [2.24, 2.45) is 0 Å². The molecule has 0 saturated heterocycles. The number of oxazole rings is 1. The van der Waals surface area contributed by atoms with E-state index in [4.69, 9.17) is 9.52 Å². The Labute approximate surface area is 184 Å². The number of carboxylic acids is 1. The van der Waals surface area contributed by atoms with E-state index in [-0.39, 0.29) is 12.1 Å². The van der Waals surface area contributed by atoms with Crippen molar-refractivity contribution < 1.29 is 19.1 Å². The number of thiazole rings is 1. The van der Waals surface area contributed by atoms with Crippen LogP contribution in [-0.2, 0) is 24.2 Å². The lowest BCUT2D eigenvalue weighted by molar-refractivity contribution is -0.136. The lowest BCUT2D eigenvalue weighted by atomic mass is 10.0. The van der Waals surface area contributed by atoms with E-state index in [2.05, 4.69) is 33.6 Å². The average Bonchev–Trinajstić information content (AvgIpc) is 3.39. The van der Waals surface area contributed by atoms with Gasteiger partial charge in [0.1, 0.15) is 6.26 Å². The number of aromatic nitrogens is 2. The molecule has 0 aliphatic heterocycles. The minimum atomic E-state index is -0.973. The first-order valence-electron chi connectivity index (χ1n) is 10.3. The van der Waals surface area contributed by atoms with E-state index in [1.165, 1.54) is 31.1 Å². The summed E-state index contributed by atoms with van der Waals surface area (Å²) in [5.41, 5.74) is 2.83. The first kappa shape index (κ1) is 22.5. The van der Waals surface area contributed by atoms with E-state index >= 15 is 0 Å². The zero-order valence-electron chi connectivity index (χ0n) is 17.4. The minimum absolute atomic E-state index is 0.139. The van der Waals surface area contributed by atoms with Crippen LogP contribution >= 0.6 is 11.3 Å². The van der Waals surface area contributed by atoms with Gasteiger partial charge in [-0.3, -0.25) is 14.9 Å². The molecule has 9 heteroatoms. The van der Waals surface area contributed by atoms with Crippen LogP contribution in [0.3, 0.4) is 0 Å². The summed E-state index contributed by atoms with van der Waals surface area (Å²) in [6.07, 6.45) is 6.96. The third-order valence-electron chi connectivity index (χ3n) is 4.64. The molecule has 0 fully saturated rings. The van der Waals surface area contributed by atoms with Gasteiger partial charge in [0.15, 0.2) is 10.8 Å². The van der Waals surface area contributed by atoms with Crippen molar-refractivity contribution in [1.82, 2.24) is 9.97 Å². The maximum atomic E-state index is 12.4. The van der Waals surface area contributed by atoms with Crippen molar-refractivity contribution in [2.45, 2.75) is 52.0 Å². The first-order chi connectivity index (χ1) is 15.0. The predicted octanol–water partition coefficient (Wildman–Crippen LogP) is 4.75. The van der Waals surface area contributed by atoms with Crippen LogP contribution in [0.2, 0.25) is 0 Å². The van der Waals surface area contributed by atoms with Crippen LogP contribution in [0, 0.1) is 0 Å². The number of carbonyl (C=O) groups is 2. The highest BCUT2D eigenvalue weighted by molar-refractivity contribution is 7.14. The molecule has 0 bridgehead atoms. The molecule has 2 heterocycles. The number of carboxylic acid groups (broad SMARTS) is 1. The third-order valence-corrected chi connectivity index (χ3v) is 5.44. The Morgan fingerprint density at radius 1 is 1.16 bits per heavy atom. The van der Waals surface area contributed by atoms with Gasteiger partial charge in [-0.1, -0.05) is 44.4 Å². The molecule has 31 heavy (non-hydrogen) atoms. The fourth-order valence-electron chi connectivity index (χ4n) is 3.08. The second kappa shape index (κ2) is 11.3. The number of carbonyl (C=O) groups excluding carboxylic acids is 1. The summed E-state index contributed by atoms with van der Waals surface area (Å²) in [5.74, 6) is -1.03. The van der Waals surface area contributed by atoms with Crippen LogP contribution in [0.15, 0.2) is 40.3 Å². The van der Waals surface area contributed by atoms with Crippen LogP contribution in [0.1, 0.15) is 60.2 Å². The molecule has 0 radical (unpaired) electrons. The van der Waals surface area contributed by atoms with Gasteiger partial charge in [0.2, 0.25) is 5.89 Å². The maximum absolute atomic E-state index is 12.4. The quantitative estimate of drug-likeness (QED) is 0.347. The molecular weight excluding hydrogens is 416 g/mol. The molecule has 2 aromatic heterocycles. The number of para-hydroxylation sites is 1. The number of hydrogen-bond acceptors (Lipinski definition) is 7. The molecule has 3 rings (SSSR count). The minimum Gasteiger partial charge on any atom is -0.481 e. The van der Waals surface area contributed by atoms with Gasteiger partial charge in [-0.2, -0.15) is 0 Å². The second-order valence-corrected chi connectivity index (χ2v) is 7.97. The standard InChI is InChI=1S/C22H26N4O4S/c1-2-3-4-5-8-15-9-6-7-10-17(15)23-12-19-25-18(13-30-19)21(29)26-22-24-16(14-31-22)11-20(27)28/h6-7,9-10,13-14,23H,2-5,8,11-12H2,1H3,(H,27,28)(H,24,26,29). The Balaban J connectivity index is 1.54. The van der Waals surface area contributed by atoms with Gasteiger partial charge in [0.25, 0.3) is 5.91 Å². The monoisotopic (exact) mass is 442 g/mol. The number of hydrogen-bond donors (Lipinski definition) is 3. The van der Waals surface area contributed by atoms with Crippen LogP contribution < -0.4 is 10.6 Å². The zero-order chi connectivity index (χ0) is 22.1. The van der Waals surface area contributed by atoms with Crippen molar-refractivity contribution in [2.75, 3.05) is 10.6 Å². The van der Waals surface area contributed by atoms with Gasteiger partial charge >= 0.3 is 5.97 Å². The summed E-state index contributed by atoms with van der Waals surface area (Å²) >= 11 is 1.16. The van der Waals surface area contributed by atoms with Crippen LogP contribution in [0.4, 0.5) is 10.8 Å². The molecule has 1 amide bonds. The van der Waals surface area contributed by atoms with E-state index in [0.29, 0.717) is 23.3 Å². The Morgan fingerprint density at radius 3 is 2.81 bits per heavy atom. The summed E-state index contributed by atoms with van der Waals surface area (Å²) in [5, 5.41) is 16.7. The smallest absolute Gasteiger partial charge is 0.309 e. The Hall–Kier alpha value is -3.20. The molecule has 0 unspecified atom stereocenters. The lowest BCUT2D eigenvalue weighted by Crippen LogP contribution is -2.13. The largest absolute Gasteiger partial charge is 0.481 e. The van der Waals surface area contributed by atoms with E-state index < -0.39 is 11.9 Å². The fourth-order valence-corrected chi connectivity index (χ4v) is 3.79.